The van der Waals surface area contributed by atoms with Gasteiger partial charge in [0, 0.05) is 6.20 Å². The number of H-pyrrole nitrogens is 1. The summed E-state index contributed by atoms with van der Waals surface area (Å²) in [6, 6.07) is 6.30. The SMILES string of the molecule is O=C(Cn1ccc2ccc(F)cc21)Nc1ncn[nH]1. The predicted molar refractivity (Wildman–Crippen MR) is 66.9 cm³/mol. The van der Waals surface area contributed by atoms with Crippen LogP contribution in [0, 0.1) is 5.82 Å². The molecule has 2 heterocycles. The first-order valence-electron chi connectivity index (χ1n) is 5.62. The molecule has 0 fully saturated rings. The highest BCUT2D eigenvalue weighted by molar-refractivity contribution is 5.90. The third-order valence-corrected chi connectivity index (χ3v) is 2.72. The lowest BCUT2D eigenvalue weighted by Gasteiger charge is -2.05. The van der Waals surface area contributed by atoms with Gasteiger partial charge in [0.25, 0.3) is 0 Å². The molecule has 0 atom stereocenters. The number of aromatic amines is 1. The van der Waals surface area contributed by atoms with Crippen LogP contribution in [0.2, 0.25) is 0 Å². The van der Waals surface area contributed by atoms with E-state index in [4.69, 9.17) is 0 Å². The van der Waals surface area contributed by atoms with E-state index in [1.54, 1.807) is 16.8 Å². The molecule has 0 saturated heterocycles. The van der Waals surface area contributed by atoms with Gasteiger partial charge in [-0.05, 0) is 29.7 Å². The van der Waals surface area contributed by atoms with Crippen LogP contribution in [0.25, 0.3) is 10.9 Å². The number of fused-ring (bicyclic) bond motifs is 1. The largest absolute Gasteiger partial charge is 0.338 e. The quantitative estimate of drug-likeness (QED) is 0.749. The van der Waals surface area contributed by atoms with Gasteiger partial charge in [0.1, 0.15) is 18.7 Å². The second kappa shape index (κ2) is 4.52. The number of benzene rings is 1. The van der Waals surface area contributed by atoms with Crippen molar-refractivity contribution in [2.24, 2.45) is 0 Å². The summed E-state index contributed by atoms with van der Waals surface area (Å²) in [6.07, 6.45) is 3.04. The summed E-state index contributed by atoms with van der Waals surface area (Å²) in [6.45, 7) is 0.0770. The van der Waals surface area contributed by atoms with Gasteiger partial charge in [-0.15, -0.1) is 0 Å². The van der Waals surface area contributed by atoms with Crippen molar-refractivity contribution in [3.8, 4) is 0 Å². The van der Waals surface area contributed by atoms with Crippen molar-refractivity contribution in [2.45, 2.75) is 6.54 Å². The van der Waals surface area contributed by atoms with Crippen LogP contribution in [0.1, 0.15) is 0 Å². The normalized spacial score (nSPS) is 10.8. The monoisotopic (exact) mass is 259 g/mol. The number of anilines is 1. The smallest absolute Gasteiger partial charge is 0.246 e. The lowest BCUT2D eigenvalue weighted by Crippen LogP contribution is -2.19. The molecular formula is C12H10FN5O. The highest BCUT2D eigenvalue weighted by Gasteiger charge is 2.08. The van der Waals surface area contributed by atoms with E-state index >= 15 is 0 Å². The van der Waals surface area contributed by atoms with Gasteiger partial charge in [-0.25, -0.2) is 9.49 Å². The molecule has 1 amide bonds. The van der Waals surface area contributed by atoms with Crippen molar-refractivity contribution in [2.75, 3.05) is 5.32 Å². The maximum absolute atomic E-state index is 13.2. The Morgan fingerprint density at radius 1 is 1.42 bits per heavy atom. The molecule has 6 nitrogen and oxygen atoms in total. The maximum Gasteiger partial charge on any atom is 0.246 e. The fraction of sp³-hybridized carbons (Fsp3) is 0.0833. The van der Waals surface area contributed by atoms with Crippen LogP contribution in [0.4, 0.5) is 10.3 Å². The van der Waals surface area contributed by atoms with Gasteiger partial charge in [0.05, 0.1) is 5.52 Å². The molecule has 3 rings (SSSR count). The molecule has 0 aliphatic rings. The van der Waals surface area contributed by atoms with Crippen molar-refractivity contribution in [1.82, 2.24) is 19.7 Å². The minimum absolute atomic E-state index is 0.0770. The second-order valence-corrected chi connectivity index (χ2v) is 4.03. The number of halogens is 1. The highest BCUT2D eigenvalue weighted by atomic mass is 19.1. The molecular weight excluding hydrogens is 249 g/mol. The van der Waals surface area contributed by atoms with Gasteiger partial charge in [0.15, 0.2) is 0 Å². The summed E-state index contributed by atoms with van der Waals surface area (Å²) in [5.74, 6) is -0.311. The Morgan fingerprint density at radius 3 is 3.11 bits per heavy atom. The highest BCUT2D eigenvalue weighted by Crippen LogP contribution is 2.17. The first kappa shape index (κ1) is 11.4. The van der Waals surface area contributed by atoms with Crippen molar-refractivity contribution in [1.29, 1.82) is 0 Å². The van der Waals surface area contributed by atoms with Crippen LogP contribution in [0.15, 0.2) is 36.8 Å². The molecule has 0 bridgehead atoms. The molecule has 2 aromatic heterocycles. The first-order valence-corrected chi connectivity index (χ1v) is 5.62. The number of carbonyl (C=O) groups is 1. The van der Waals surface area contributed by atoms with Crippen LogP contribution in [0.3, 0.4) is 0 Å². The lowest BCUT2D eigenvalue weighted by atomic mass is 10.2. The van der Waals surface area contributed by atoms with Gasteiger partial charge in [-0.2, -0.15) is 10.1 Å². The molecule has 0 aliphatic carbocycles. The molecule has 3 aromatic rings. The number of nitrogens with zero attached hydrogens (tertiary/aromatic N) is 3. The summed E-state index contributed by atoms with van der Waals surface area (Å²) in [5, 5.41) is 9.60. The van der Waals surface area contributed by atoms with E-state index in [2.05, 4.69) is 20.5 Å². The van der Waals surface area contributed by atoms with Gasteiger partial charge in [-0.1, -0.05) is 0 Å². The summed E-state index contributed by atoms with van der Waals surface area (Å²) in [4.78, 5) is 15.6. The number of rotatable bonds is 3. The van der Waals surface area contributed by atoms with Crippen LogP contribution < -0.4 is 5.32 Å². The molecule has 96 valence electrons. The summed E-state index contributed by atoms with van der Waals surface area (Å²) in [7, 11) is 0. The summed E-state index contributed by atoms with van der Waals surface area (Å²) >= 11 is 0. The number of hydrogen-bond acceptors (Lipinski definition) is 3. The Balaban J connectivity index is 1.81. The molecule has 0 spiro atoms. The molecule has 7 heteroatoms. The fourth-order valence-electron chi connectivity index (χ4n) is 1.89. The van der Waals surface area contributed by atoms with Gasteiger partial charge in [-0.3, -0.25) is 10.1 Å². The predicted octanol–water partition coefficient (Wildman–Crippen LogP) is 1.54. The Kier molecular flexibility index (Phi) is 2.71. The maximum atomic E-state index is 13.2. The average Bonchev–Trinajstić information content (AvgIpc) is 3.00. The van der Waals surface area contributed by atoms with E-state index in [0.717, 1.165) is 5.39 Å². The van der Waals surface area contributed by atoms with Crippen molar-refractivity contribution in [3.63, 3.8) is 0 Å². The molecule has 19 heavy (non-hydrogen) atoms. The fourth-order valence-corrected chi connectivity index (χ4v) is 1.89. The topological polar surface area (TPSA) is 75.6 Å². The van der Waals surface area contributed by atoms with E-state index in [1.165, 1.54) is 18.5 Å². The summed E-state index contributed by atoms with van der Waals surface area (Å²) < 4.78 is 14.9. The number of carbonyl (C=O) groups excluding carboxylic acids is 1. The number of hydrogen-bond donors (Lipinski definition) is 2. The molecule has 0 unspecified atom stereocenters. The minimum Gasteiger partial charge on any atom is -0.338 e. The number of amides is 1. The zero-order valence-electron chi connectivity index (χ0n) is 9.80. The van der Waals surface area contributed by atoms with E-state index in [-0.39, 0.29) is 24.2 Å². The standard InChI is InChI=1S/C12H10FN5O/c13-9-2-1-8-3-4-18(10(8)5-9)6-11(19)16-12-14-7-15-17-12/h1-5,7H,6H2,(H2,14,15,16,17,19). The lowest BCUT2D eigenvalue weighted by molar-refractivity contribution is -0.116. The van der Waals surface area contributed by atoms with E-state index in [1.807, 2.05) is 6.07 Å². The zero-order chi connectivity index (χ0) is 13.2. The third kappa shape index (κ3) is 2.30. The van der Waals surface area contributed by atoms with E-state index in [9.17, 15) is 9.18 Å². The third-order valence-electron chi connectivity index (χ3n) is 2.72. The Bertz CT molecular complexity index is 719. The number of aromatic nitrogens is 4. The van der Waals surface area contributed by atoms with Gasteiger partial charge >= 0.3 is 0 Å². The average molecular weight is 259 g/mol. The molecule has 0 saturated carbocycles. The van der Waals surface area contributed by atoms with Gasteiger partial charge < -0.3 is 4.57 Å². The van der Waals surface area contributed by atoms with E-state index < -0.39 is 0 Å². The van der Waals surface area contributed by atoms with Crippen molar-refractivity contribution < 1.29 is 9.18 Å². The van der Waals surface area contributed by atoms with E-state index in [0.29, 0.717) is 5.52 Å². The molecule has 0 radical (unpaired) electrons. The van der Waals surface area contributed by atoms with Crippen molar-refractivity contribution >= 4 is 22.8 Å². The first-order chi connectivity index (χ1) is 9.22. The second-order valence-electron chi connectivity index (χ2n) is 4.03. The van der Waals surface area contributed by atoms with Crippen LogP contribution in [0.5, 0.6) is 0 Å². The molecule has 1 aromatic carbocycles. The minimum atomic E-state index is -0.330. The molecule has 0 aliphatic heterocycles. The number of nitrogens with one attached hydrogen (secondary N) is 2. The van der Waals surface area contributed by atoms with Crippen LogP contribution >= 0.6 is 0 Å². The Morgan fingerprint density at radius 2 is 2.32 bits per heavy atom. The summed E-state index contributed by atoms with van der Waals surface area (Å²) in [5.41, 5.74) is 0.674. The van der Waals surface area contributed by atoms with Crippen LogP contribution in [-0.2, 0) is 11.3 Å². The Hall–Kier alpha value is -2.70. The van der Waals surface area contributed by atoms with Crippen molar-refractivity contribution in [3.05, 3.63) is 42.6 Å². The van der Waals surface area contributed by atoms with Crippen LogP contribution in [-0.4, -0.2) is 25.7 Å². The Labute approximate surface area is 107 Å². The molecule has 2 N–H and O–H groups in total. The van der Waals surface area contributed by atoms with Gasteiger partial charge in [0.2, 0.25) is 11.9 Å². The zero-order valence-corrected chi connectivity index (χ0v) is 9.80.